The van der Waals surface area contributed by atoms with Crippen LogP contribution in [-0.2, 0) is 6.61 Å². The third-order valence-electron chi connectivity index (χ3n) is 3.73. The van der Waals surface area contributed by atoms with Crippen LogP contribution >= 0.6 is 0 Å². The van der Waals surface area contributed by atoms with E-state index in [1.165, 1.54) is 5.56 Å². The first-order valence-corrected chi connectivity index (χ1v) is 8.22. The summed E-state index contributed by atoms with van der Waals surface area (Å²) < 4.78 is 5.74. The Morgan fingerprint density at radius 2 is 1.73 bits per heavy atom. The van der Waals surface area contributed by atoms with Crippen LogP contribution in [0.5, 0.6) is 5.75 Å². The minimum atomic E-state index is -0.277. The average Bonchev–Trinajstić information content (AvgIpc) is 2.69. The molecule has 3 rings (SSSR count). The first kappa shape index (κ1) is 17.4. The molecule has 0 unspecified atom stereocenters. The van der Waals surface area contributed by atoms with Crippen LogP contribution < -0.4 is 10.2 Å². The number of pyridine rings is 1. The summed E-state index contributed by atoms with van der Waals surface area (Å²) in [6.45, 7) is 2.54. The molecule has 1 N–H and O–H groups in total. The van der Waals surface area contributed by atoms with Gasteiger partial charge in [0.15, 0.2) is 0 Å². The molecule has 130 valence electrons. The third kappa shape index (κ3) is 5.01. The lowest BCUT2D eigenvalue weighted by molar-refractivity contribution is 0.0955. The van der Waals surface area contributed by atoms with Gasteiger partial charge in [0, 0.05) is 18.0 Å². The molecule has 1 heterocycles. The minimum Gasteiger partial charge on any atom is -0.489 e. The van der Waals surface area contributed by atoms with Crippen molar-refractivity contribution in [1.82, 2.24) is 10.4 Å². The van der Waals surface area contributed by atoms with E-state index in [2.05, 4.69) is 34.6 Å². The fourth-order valence-corrected chi connectivity index (χ4v) is 2.23. The number of benzene rings is 2. The van der Waals surface area contributed by atoms with Gasteiger partial charge in [-0.15, -0.1) is 0 Å². The number of aryl methyl sites for hydroxylation is 1. The molecule has 26 heavy (non-hydrogen) atoms. The summed E-state index contributed by atoms with van der Waals surface area (Å²) in [5, 5.41) is 3.94. The summed E-state index contributed by atoms with van der Waals surface area (Å²) in [5.74, 6) is 0.433. The quantitative estimate of drug-likeness (QED) is 0.547. The zero-order chi connectivity index (χ0) is 18.2. The molecule has 0 spiro atoms. The van der Waals surface area contributed by atoms with Crippen molar-refractivity contribution in [3.63, 3.8) is 0 Å². The van der Waals surface area contributed by atoms with Crippen LogP contribution in [0.25, 0.3) is 0 Å². The molecule has 5 heteroatoms. The first-order chi connectivity index (χ1) is 12.7. The zero-order valence-electron chi connectivity index (χ0n) is 14.4. The lowest BCUT2D eigenvalue weighted by Gasteiger charge is -2.07. The van der Waals surface area contributed by atoms with Gasteiger partial charge >= 0.3 is 0 Å². The molecule has 0 fully saturated rings. The molecule has 0 saturated heterocycles. The lowest BCUT2D eigenvalue weighted by atomic mass is 10.2. The zero-order valence-corrected chi connectivity index (χ0v) is 14.4. The van der Waals surface area contributed by atoms with Crippen LogP contribution in [0.15, 0.2) is 78.2 Å². The topological polar surface area (TPSA) is 63.6 Å². The monoisotopic (exact) mass is 345 g/mol. The van der Waals surface area contributed by atoms with Gasteiger partial charge in [0.05, 0.1) is 6.21 Å². The molecule has 0 bridgehead atoms. The average molecular weight is 345 g/mol. The predicted octanol–water partition coefficient (Wildman–Crippen LogP) is 3.73. The number of nitrogens with one attached hydrogen (secondary N) is 1. The highest BCUT2D eigenvalue weighted by molar-refractivity contribution is 5.94. The van der Waals surface area contributed by atoms with Crippen molar-refractivity contribution in [3.05, 3.63) is 95.3 Å². The van der Waals surface area contributed by atoms with Gasteiger partial charge in [0.1, 0.15) is 12.4 Å². The Bertz CT molecular complexity index is 873. The first-order valence-electron chi connectivity index (χ1n) is 8.22. The largest absolute Gasteiger partial charge is 0.489 e. The number of rotatable bonds is 6. The van der Waals surface area contributed by atoms with Gasteiger partial charge in [-0.1, -0.05) is 29.8 Å². The molecule has 0 aliphatic rings. The van der Waals surface area contributed by atoms with Crippen molar-refractivity contribution in [2.75, 3.05) is 0 Å². The summed E-state index contributed by atoms with van der Waals surface area (Å²) in [5.41, 5.74) is 6.19. The summed E-state index contributed by atoms with van der Waals surface area (Å²) in [4.78, 5) is 16.0. The Morgan fingerprint density at radius 3 is 2.42 bits per heavy atom. The standard InChI is InChI=1S/C21H19N3O2/c1-16-2-4-18(5-3-16)15-26-20-8-6-19(7-9-20)21(25)24-23-14-17-10-12-22-13-11-17/h2-14H,15H2,1H3,(H,24,25). The van der Waals surface area contributed by atoms with Crippen molar-refractivity contribution in [3.8, 4) is 5.75 Å². The summed E-state index contributed by atoms with van der Waals surface area (Å²) in [7, 11) is 0. The number of hydrogen-bond acceptors (Lipinski definition) is 4. The van der Waals surface area contributed by atoms with Crippen molar-refractivity contribution in [2.24, 2.45) is 5.10 Å². The summed E-state index contributed by atoms with van der Waals surface area (Å²) >= 11 is 0. The molecular weight excluding hydrogens is 326 g/mol. The number of nitrogens with zero attached hydrogens (tertiary/aromatic N) is 2. The normalized spacial score (nSPS) is 10.7. The number of aromatic nitrogens is 1. The number of hydrazone groups is 1. The van der Waals surface area contributed by atoms with Gasteiger partial charge in [0.25, 0.3) is 5.91 Å². The molecular formula is C21H19N3O2. The van der Waals surface area contributed by atoms with E-state index in [0.717, 1.165) is 11.1 Å². The Labute approximate surface area is 152 Å². The maximum Gasteiger partial charge on any atom is 0.271 e. The number of carbonyl (C=O) groups is 1. The third-order valence-corrected chi connectivity index (χ3v) is 3.73. The maximum atomic E-state index is 12.1. The number of ether oxygens (including phenoxy) is 1. The molecule has 0 aliphatic carbocycles. The van der Waals surface area contributed by atoms with Crippen molar-refractivity contribution >= 4 is 12.1 Å². The minimum absolute atomic E-state index is 0.277. The second kappa shape index (κ2) is 8.58. The molecule has 0 radical (unpaired) electrons. The molecule has 2 aromatic carbocycles. The van der Waals surface area contributed by atoms with E-state index < -0.39 is 0 Å². The molecule has 0 atom stereocenters. The number of hydrogen-bond donors (Lipinski definition) is 1. The summed E-state index contributed by atoms with van der Waals surface area (Å²) in [6.07, 6.45) is 4.90. The van der Waals surface area contributed by atoms with Crippen LogP contribution in [-0.4, -0.2) is 17.1 Å². The fourth-order valence-electron chi connectivity index (χ4n) is 2.23. The van der Waals surface area contributed by atoms with Crippen molar-refractivity contribution in [1.29, 1.82) is 0 Å². The fraction of sp³-hybridized carbons (Fsp3) is 0.0952. The van der Waals surface area contributed by atoms with E-state index in [4.69, 9.17) is 4.74 Å². The van der Waals surface area contributed by atoms with Gasteiger partial charge in [-0.25, -0.2) is 5.43 Å². The smallest absolute Gasteiger partial charge is 0.271 e. The van der Waals surface area contributed by atoms with Gasteiger partial charge in [-0.3, -0.25) is 9.78 Å². The number of carbonyl (C=O) groups excluding carboxylic acids is 1. The molecule has 5 nitrogen and oxygen atoms in total. The van der Waals surface area contributed by atoms with E-state index in [1.807, 2.05) is 12.1 Å². The predicted molar refractivity (Wildman–Crippen MR) is 101 cm³/mol. The lowest BCUT2D eigenvalue weighted by Crippen LogP contribution is -2.17. The van der Waals surface area contributed by atoms with Gasteiger partial charge in [-0.2, -0.15) is 5.10 Å². The molecule has 0 saturated carbocycles. The Hall–Kier alpha value is -3.47. The summed E-state index contributed by atoms with van der Waals surface area (Å²) in [6, 6.07) is 18.8. The van der Waals surface area contributed by atoms with Crippen LogP contribution in [0.2, 0.25) is 0 Å². The Kier molecular flexibility index (Phi) is 5.72. The van der Waals surface area contributed by atoms with E-state index in [-0.39, 0.29) is 5.91 Å². The van der Waals surface area contributed by atoms with Crippen LogP contribution in [0.4, 0.5) is 0 Å². The van der Waals surface area contributed by atoms with Crippen LogP contribution in [0, 0.1) is 6.92 Å². The van der Waals surface area contributed by atoms with Gasteiger partial charge in [-0.05, 0) is 54.4 Å². The molecule has 1 amide bonds. The second-order valence-electron chi connectivity index (χ2n) is 5.78. The van der Waals surface area contributed by atoms with Crippen LogP contribution in [0.1, 0.15) is 27.0 Å². The van der Waals surface area contributed by atoms with Crippen molar-refractivity contribution in [2.45, 2.75) is 13.5 Å². The number of amides is 1. The molecule has 0 aliphatic heterocycles. The highest BCUT2D eigenvalue weighted by atomic mass is 16.5. The molecule has 3 aromatic rings. The van der Waals surface area contributed by atoms with E-state index in [0.29, 0.717) is 17.9 Å². The highest BCUT2D eigenvalue weighted by Gasteiger charge is 2.04. The SMILES string of the molecule is Cc1ccc(COc2ccc(C(=O)NN=Cc3ccncc3)cc2)cc1. The van der Waals surface area contributed by atoms with E-state index in [9.17, 15) is 4.79 Å². The Morgan fingerprint density at radius 1 is 1.04 bits per heavy atom. The highest BCUT2D eigenvalue weighted by Crippen LogP contribution is 2.14. The Balaban J connectivity index is 1.52. The maximum absolute atomic E-state index is 12.1. The molecule has 1 aromatic heterocycles. The van der Waals surface area contributed by atoms with Crippen molar-refractivity contribution < 1.29 is 9.53 Å². The van der Waals surface area contributed by atoms with Gasteiger partial charge < -0.3 is 4.74 Å². The second-order valence-corrected chi connectivity index (χ2v) is 5.78. The van der Waals surface area contributed by atoms with E-state index >= 15 is 0 Å². The van der Waals surface area contributed by atoms with E-state index in [1.54, 1.807) is 55.0 Å². The van der Waals surface area contributed by atoms with Gasteiger partial charge in [0.2, 0.25) is 0 Å². The van der Waals surface area contributed by atoms with Crippen LogP contribution in [0.3, 0.4) is 0 Å².